The highest BCUT2D eigenvalue weighted by Crippen LogP contribution is 2.19. The molecular weight excluding hydrogens is 436 g/mol. The highest BCUT2D eigenvalue weighted by molar-refractivity contribution is 6.30. The molecule has 10 heteroatoms. The van der Waals surface area contributed by atoms with Crippen LogP contribution in [0.2, 0.25) is 5.15 Å². The van der Waals surface area contributed by atoms with Crippen LogP contribution in [-0.4, -0.2) is 79.4 Å². The second-order valence-corrected chi connectivity index (χ2v) is 8.26. The van der Waals surface area contributed by atoms with Gasteiger partial charge in [0.2, 0.25) is 0 Å². The van der Waals surface area contributed by atoms with E-state index in [0.29, 0.717) is 16.1 Å². The van der Waals surface area contributed by atoms with Gasteiger partial charge in [-0.25, -0.2) is 4.98 Å². The van der Waals surface area contributed by atoms with Crippen LogP contribution in [0.1, 0.15) is 16.1 Å². The molecule has 3 aromatic rings. The fourth-order valence-corrected chi connectivity index (χ4v) is 3.96. The molecule has 4 atom stereocenters. The molecule has 0 radical (unpaired) electrons. The second kappa shape index (κ2) is 9.25. The van der Waals surface area contributed by atoms with Crippen molar-refractivity contribution in [3.63, 3.8) is 0 Å². The molecule has 5 N–H and O–H groups in total. The predicted octanol–water partition coefficient (Wildman–Crippen LogP) is 0.482. The number of nitrogens with one attached hydrogen (secondary N) is 2. The zero-order valence-corrected chi connectivity index (χ0v) is 17.7. The van der Waals surface area contributed by atoms with E-state index in [2.05, 4.69) is 15.3 Å². The topological polar surface area (TPSA) is 139 Å². The Balaban J connectivity index is 1.55. The third-order valence-electron chi connectivity index (χ3n) is 5.54. The SMILES string of the molecule is O=C(N[C@@H](Cc1ccccc1)[C@@H](O)C(=O)N1C[C@@H](O)[C@@H](O)C1)c1cc2cc(Cl)ncc2[nH]1. The van der Waals surface area contributed by atoms with Crippen molar-refractivity contribution in [1.29, 1.82) is 0 Å². The quantitative estimate of drug-likeness (QED) is 0.340. The molecule has 2 amide bonds. The van der Waals surface area contributed by atoms with Crippen molar-refractivity contribution in [1.82, 2.24) is 20.2 Å². The maximum absolute atomic E-state index is 12.9. The molecule has 0 spiro atoms. The van der Waals surface area contributed by atoms with Gasteiger partial charge in [-0.1, -0.05) is 41.9 Å². The number of carbonyl (C=O) groups is 2. The van der Waals surface area contributed by atoms with Crippen LogP contribution in [0.25, 0.3) is 10.9 Å². The Hall–Kier alpha value is -2.98. The van der Waals surface area contributed by atoms with Crippen molar-refractivity contribution >= 4 is 34.3 Å². The third kappa shape index (κ3) is 4.76. The zero-order chi connectivity index (χ0) is 22.8. The average Bonchev–Trinajstić information content (AvgIpc) is 3.35. The number of rotatable bonds is 6. The monoisotopic (exact) mass is 458 g/mol. The van der Waals surface area contributed by atoms with Gasteiger partial charge in [-0.15, -0.1) is 0 Å². The van der Waals surface area contributed by atoms with Crippen LogP contribution < -0.4 is 5.32 Å². The number of halogens is 1. The van der Waals surface area contributed by atoms with Gasteiger partial charge in [0.1, 0.15) is 10.8 Å². The lowest BCUT2D eigenvalue weighted by atomic mass is 10.00. The summed E-state index contributed by atoms with van der Waals surface area (Å²) in [6.07, 6.45) is -2.00. The first-order valence-electron chi connectivity index (χ1n) is 10.1. The molecule has 1 aliphatic heterocycles. The molecule has 9 nitrogen and oxygen atoms in total. The molecule has 4 rings (SSSR count). The number of hydrogen-bond acceptors (Lipinski definition) is 6. The Bertz CT molecular complexity index is 1110. The number of carbonyl (C=O) groups excluding carboxylic acids is 2. The molecule has 0 bridgehead atoms. The van der Waals surface area contributed by atoms with Crippen LogP contribution >= 0.6 is 11.6 Å². The fourth-order valence-electron chi connectivity index (χ4n) is 3.79. The van der Waals surface area contributed by atoms with E-state index in [1.165, 1.54) is 11.1 Å². The summed E-state index contributed by atoms with van der Waals surface area (Å²) in [5, 5.41) is 34.1. The summed E-state index contributed by atoms with van der Waals surface area (Å²) >= 11 is 5.90. The van der Waals surface area contributed by atoms with Crippen LogP contribution in [0.3, 0.4) is 0 Å². The highest BCUT2D eigenvalue weighted by atomic mass is 35.5. The van der Waals surface area contributed by atoms with Crippen LogP contribution in [-0.2, 0) is 11.2 Å². The van der Waals surface area contributed by atoms with E-state index in [-0.39, 0.29) is 25.2 Å². The molecule has 1 aliphatic rings. The number of aromatic nitrogens is 2. The molecule has 32 heavy (non-hydrogen) atoms. The van der Waals surface area contributed by atoms with E-state index >= 15 is 0 Å². The lowest BCUT2D eigenvalue weighted by Crippen LogP contribution is -2.52. The van der Waals surface area contributed by atoms with Crippen molar-refractivity contribution in [2.24, 2.45) is 0 Å². The van der Waals surface area contributed by atoms with Gasteiger partial charge in [0.15, 0.2) is 6.10 Å². The summed E-state index contributed by atoms with van der Waals surface area (Å²) in [5.41, 5.74) is 1.67. The van der Waals surface area contributed by atoms with Crippen LogP contribution in [0.15, 0.2) is 48.7 Å². The molecule has 168 valence electrons. The predicted molar refractivity (Wildman–Crippen MR) is 117 cm³/mol. The molecule has 3 heterocycles. The van der Waals surface area contributed by atoms with Gasteiger partial charge in [-0.2, -0.15) is 0 Å². The molecule has 1 saturated heterocycles. The number of aliphatic hydroxyl groups excluding tert-OH is 3. The number of hydrogen-bond donors (Lipinski definition) is 5. The van der Waals surface area contributed by atoms with E-state index < -0.39 is 36.2 Å². The van der Waals surface area contributed by atoms with Crippen molar-refractivity contribution in [3.05, 3.63) is 65.1 Å². The summed E-state index contributed by atoms with van der Waals surface area (Å²) in [6, 6.07) is 11.4. The highest BCUT2D eigenvalue weighted by Gasteiger charge is 2.38. The maximum Gasteiger partial charge on any atom is 0.268 e. The number of likely N-dealkylation sites (tertiary alicyclic amines) is 1. The number of amides is 2. The lowest BCUT2D eigenvalue weighted by Gasteiger charge is -2.27. The molecule has 0 aliphatic carbocycles. The van der Waals surface area contributed by atoms with Gasteiger partial charge < -0.3 is 30.5 Å². The van der Waals surface area contributed by atoms with E-state index in [9.17, 15) is 24.9 Å². The van der Waals surface area contributed by atoms with E-state index in [0.717, 1.165) is 5.56 Å². The molecular formula is C22H23ClN4O5. The molecule has 1 fully saturated rings. The third-order valence-corrected chi connectivity index (χ3v) is 5.74. The fraction of sp³-hybridized carbons (Fsp3) is 0.318. The Morgan fingerprint density at radius 1 is 1.19 bits per heavy atom. The normalized spacial score (nSPS) is 20.3. The van der Waals surface area contributed by atoms with Gasteiger partial charge in [-0.3, -0.25) is 9.59 Å². The van der Waals surface area contributed by atoms with Gasteiger partial charge in [-0.05, 0) is 24.1 Å². The van der Waals surface area contributed by atoms with Gasteiger partial charge in [0.05, 0.1) is 30.0 Å². The zero-order valence-electron chi connectivity index (χ0n) is 17.0. The summed E-state index contributed by atoms with van der Waals surface area (Å²) < 4.78 is 0. The summed E-state index contributed by atoms with van der Waals surface area (Å²) in [6.45, 7) is -0.169. The summed E-state index contributed by atoms with van der Waals surface area (Å²) in [4.78, 5) is 33.9. The van der Waals surface area contributed by atoms with Crippen molar-refractivity contribution < 1.29 is 24.9 Å². The molecule has 0 saturated carbocycles. The lowest BCUT2D eigenvalue weighted by molar-refractivity contribution is -0.141. The van der Waals surface area contributed by atoms with Crippen molar-refractivity contribution in [2.75, 3.05) is 13.1 Å². The number of H-pyrrole nitrogens is 1. The minimum atomic E-state index is -1.57. The Kier molecular flexibility index (Phi) is 6.43. The van der Waals surface area contributed by atoms with Crippen molar-refractivity contribution in [3.8, 4) is 0 Å². The number of aromatic amines is 1. The Morgan fingerprint density at radius 3 is 2.56 bits per heavy atom. The number of pyridine rings is 1. The smallest absolute Gasteiger partial charge is 0.268 e. The first-order valence-corrected chi connectivity index (χ1v) is 10.5. The van der Waals surface area contributed by atoms with Crippen LogP contribution in [0.5, 0.6) is 0 Å². The Morgan fingerprint density at radius 2 is 1.88 bits per heavy atom. The summed E-state index contributed by atoms with van der Waals surface area (Å²) in [5.74, 6) is -1.18. The minimum absolute atomic E-state index is 0.0845. The number of nitrogens with zero attached hydrogens (tertiary/aromatic N) is 2. The van der Waals surface area contributed by atoms with Gasteiger partial charge in [0.25, 0.3) is 11.8 Å². The van der Waals surface area contributed by atoms with Crippen LogP contribution in [0.4, 0.5) is 0 Å². The standard InChI is InChI=1S/C22H23ClN4O5/c23-19-8-13-7-15(25-16(13)9-24-19)21(31)26-14(6-12-4-2-1-3-5-12)20(30)22(32)27-10-17(28)18(29)11-27/h1-5,7-9,14,17-18,20,25,28-30H,6,10-11H2,(H,26,31)/t14-,17-,18+,20+/m0/s1. The second-order valence-electron chi connectivity index (χ2n) is 7.87. The van der Waals surface area contributed by atoms with Gasteiger partial charge in [0, 0.05) is 18.5 Å². The van der Waals surface area contributed by atoms with Crippen LogP contribution in [0, 0.1) is 0 Å². The molecule has 0 unspecified atom stereocenters. The summed E-state index contributed by atoms with van der Waals surface area (Å²) in [7, 11) is 0. The average molecular weight is 459 g/mol. The van der Waals surface area contributed by atoms with E-state index in [4.69, 9.17) is 11.6 Å². The van der Waals surface area contributed by atoms with Gasteiger partial charge >= 0.3 is 0 Å². The number of fused-ring (bicyclic) bond motifs is 1. The van der Waals surface area contributed by atoms with E-state index in [1.54, 1.807) is 12.1 Å². The Labute approximate surface area is 188 Å². The number of aliphatic hydroxyl groups is 3. The first kappa shape index (κ1) is 22.2. The maximum atomic E-state index is 12.9. The largest absolute Gasteiger partial charge is 0.388 e. The number of β-amino-alcohol motifs (C(OH)–C–C–N with tert-alkyl or cyclic N) is 2. The molecule has 2 aromatic heterocycles. The minimum Gasteiger partial charge on any atom is -0.388 e. The first-order chi connectivity index (χ1) is 15.3. The molecule has 1 aromatic carbocycles. The number of benzene rings is 1. The van der Waals surface area contributed by atoms with E-state index in [1.807, 2.05) is 30.3 Å². The van der Waals surface area contributed by atoms with Crippen molar-refractivity contribution in [2.45, 2.75) is 30.8 Å².